The Morgan fingerprint density at radius 3 is 1.67 bits per heavy atom. The van der Waals surface area contributed by atoms with Crippen molar-refractivity contribution >= 4 is 0 Å². The molecule has 0 aliphatic rings. The van der Waals surface area contributed by atoms with Gasteiger partial charge in [-0.3, -0.25) is 0 Å². The van der Waals surface area contributed by atoms with Crippen LogP contribution < -0.4 is 29.6 Å². The molecule has 0 N–H and O–H groups in total. The van der Waals surface area contributed by atoms with E-state index in [9.17, 15) is 0 Å². The van der Waals surface area contributed by atoms with Gasteiger partial charge in [0, 0.05) is 0 Å². The van der Waals surface area contributed by atoms with Crippen molar-refractivity contribution in [1.29, 1.82) is 0 Å². The van der Waals surface area contributed by atoms with Crippen LogP contribution in [0.5, 0.6) is 0 Å². The Labute approximate surface area is 81.7 Å². The molecule has 0 atom stereocenters. The van der Waals surface area contributed by atoms with Crippen LogP contribution in [0.4, 0.5) is 0 Å². The molecule has 0 aliphatic carbocycles. The zero-order valence-corrected chi connectivity index (χ0v) is 9.49. The van der Waals surface area contributed by atoms with E-state index in [-0.39, 0.29) is 35.0 Å². The fraction of sp³-hybridized carbons (Fsp3) is 0.875. The Hall–Kier alpha value is 1.00. The zero-order valence-electron chi connectivity index (χ0n) is 7.49. The van der Waals surface area contributed by atoms with Crippen molar-refractivity contribution in [2.24, 2.45) is 11.3 Å². The van der Waals surface area contributed by atoms with E-state index >= 15 is 0 Å². The smallest absolute Gasteiger partial charge is 0.338 e. The largest absolute Gasteiger partial charge is 1.00 e. The first-order chi connectivity index (χ1) is 3.42. The Kier molecular flexibility index (Phi) is 6.69. The molecule has 9 heavy (non-hydrogen) atoms. The molecule has 0 aromatic heterocycles. The average molecular weight is 136 g/mol. The van der Waals surface area contributed by atoms with Gasteiger partial charge < -0.3 is 6.92 Å². The van der Waals surface area contributed by atoms with Gasteiger partial charge in [0.1, 0.15) is 0 Å². The number of hydrogen-bond acceptors (Lipinski definition) is 0. The maximum absolute atomic E-state index is 4.01. The first kappa shape index (κ1) is 12.7. The molecular weight excluding hydrogens is 119 g/mol. The minimum atomic E-state index is 0. The maximum Gasteiger partial charge on any atom is 1.00 e. The SMILES string of the molecule is [CH2-]C(C)(C)CC(C)C.[Na+]. The second-order valence-electron chi connectivity index (χ2n) is 3.76. The predicted molar refractivity (Wildman–Crippen MR) is 38.6 cm³/mol. The molecule has 0 radical (unpaired) electrons. The molecule has 0 aliphatic heterocycles. The van der Waals surface area contributed by atoms with Crippen LogP contribution in [0.25, 0.3) is 0 Å². The summed E-state index contributed by atoms with van der Waals surface area (Å²) in [6.07, 6.45) is 1.22. The van der Waals surface area contributed by atoms with Gasteiger partial charge in [0.15, 0.2) is 0 Å². The van der Waals surface area contributed by atoms with Crippen LogP contribution in [-0.4, -0.2) is 0 Å². The van der Waals surface area contributed by atoms with Crippen LogP contribution >= 0.6 is 0 Å². The topological polar surface area (TPSA) is 0 Å². The molecule has 0 amide bonds. The summed E-state index contributed by atoms with van der Waals surface area (Å²) in [4.78, 5) is 0. The first-order valence-corrected chi connectivity index (χ1v) is 3.27. The third-order valence-corrected chi connectivity index (χ3v) is 0.961. The summed E-state index contributed by atoms with van der Waals surface area (Å²) in [6.45, 7) is 12.8. The summed E-state index contributed by atoms with van der Waals surface area (Å²) in [5.74, 6) is 0.780. The van der Waals surface area contributed by atoms with Gasteiger partial charge in [0.25, 0.3) is 0 Å². The van der Waals surface area contributed by atoms with E-state index < -0.39 is 0 Å². The summed E-state index contributed by atoms with van der Waals surface area (Å²) in [7, 11) is 0. The third-order valence-electron chi connectivity index (χ3n) is 0.961. The number of hydrogen-bond donors (Lipinski definition) is 0. The monoisotopic (exact) mass is 136 g/mol. The van der Waals surface area contributed by atoms with Crippen LogP contribution in [-0.2, 0) is 0 Å². The van der Waals surface area contributed by atoms with Crippen LogP contribution in [0.3, 0.4) is 0 Å². The van der Waals surface area contributed by atoms with Gasteiger partial charge in [-0.25, -0.2) is 0 Å². The molecule has 0 unspecified atom stereocenters. The second-order valence-corrected chi connectivity index (χ2v) is 3.76. The van der Waals surface area contributed by atoms with Gasteiger partial charge >= 0.3 is 29.6 Å². The molecule has 0 saturated heterocycles. The first-order valence-electron chi connectivity index (χ1n) is 3.27. The quantitative estimate of drug-likeness (QED) is 0.367. The van der Waals surface area contributed by atoms with Crippen LogP contribution in [0.15, 0.2) is 0 Å². The van der Waals surface area contributed by atoms with E-state index in [1.54, 1.807) is 0 Å². The van der Waals surface area contributed by atoms with E-state index in [2.05, 4.69) is 34.6 Å². The Morgan fingerprint density at radius 2 is 1.67 bits per heavy atom. The zero-order chi connectivity index (χ0) is 6.78. The summed E-state index contributed by atoms with van der Waals surface area (Å²) in [5.41, 5.74) is 0.272. The molecular formula is C8H17Na. The Bertz CT molecular complexity index is 59.5. The summed E-state index contributed by atoms with van der Waals surface area (Å²) in [6, 6.07) is 0. The van der Waals surface area contributed by atoms with Gasteiger partial charge in [-0.2, -0.15) is 5.41 Å². The third kappa shape index (κ3) is 12.2. The van der Waals surface area contributed by atoms with Gasteiger partial charge in [0.05, 0.1) is 0 Å². The van der Waals surface area contributed by atoms with E-state index in [4.69, 9.17) is 0 Å². The Morgan fingerprint density at radius 1 is 1.33 bits per heavy atom. The van der Waals surface area contributed by atoms with Gasteiger partial charge in [-0.1, -0.05) is 34.1 Å². The molecule has 0 nitrogen and oxygen atoms in total. The maximum atomic E-state index is 4.01. The normalized spacial score (nSPS) is 11.3. The van der Waals surface area contributed by atoms with Crippen LogP contribution in [0.2, 0.25) is 0 Å². The molecule has 1 heteroatoms. The summed E-state index contributed by atoms with van der Waals surface area (Å²) >= 11 is 0. The van der Waals surface area contributed by atoms with Crippen molar-refractivity contribution in [2.75, 3.05) is 0 Å². The standard InChI is InChI=1S/C8H17.Na/c1-7(2)6-8(3,4)5;/h7H,3,6H2,1-2,4-5H3;/q-1;+1. The predicted octanol–water partition coefficient (Wildman–Crippen LogP) is -0.103. The minimum absolute atomic E-state index is 0. The van der Waals surface area contributed by atoms with Crippen molar-refractivity contribution < 1.29 is 29.6 Å². The molecule has 0 heterocycles. The van der Waals surface area contributed by atoms with Gasteiger partial charge in [0.2, 0.25) is 0 Å². The van der Waals surface area contributed by atoms with E-state index in [1.807, 2.05) is 0 Å². The molecule has 0 aromatic rings. The van der Waals surface area contributed by atoms with Crippen LogP contribution in [0, 0.1) is 18.3 Å². The van der Waals surface area contributed by atoms with Crippen molar-refractivity contribution in [3.63, 3.8) is 0 Å². The fourth-order valence-corrected chi connectivity index (χ4v) is 1.11. The van der Waals surface area contributed by atoms with E-state index in [1.165, 1.54) is 6.42 Å². The number of rotatable bonds is 2. The minimum Gasteiger partial charge on any atom is -0.338 e. The van der Waals surface area contributed by atoms with E-state index in [0.29, 0.717) is 0 Å². The molecule has 0 bridgehead atoms. The average Bonchev–Trinajstić information content (AvgIpc) is 1.21. The fourth-order valence-electron chi connectivity index (χ4n) is 1.11. The van der Waals surface area contributed by atoms with Crippen molar-refractivity contribution in [1.82, 2.24) is 0 Å². The summed E-state index contributed by atoms with van der Waals surface area (Å²) in [5, 5.41) is 0. The van der Waals surface area contributed by atoms with Gasteiger partial charge in [-0.15, -0.1) is 0 Å². The second kappa shape index (κ2) is 4.76. The summed E-state index contributed by atoms with van der Waals surface area (Å²) < 4.78 is 0. The molecule has 0 spiro atoms. The molecule has 0 fully saturated rings. The van der Waals surface area contributed by atoms with Crippen molar-refractivity contribution in [3.8, 4) is 0 Å². The molecule has 0 rings (SSSR count). The van der Waals surface area contributed by atoms with Crippen LogP contribution in [0.1, 0.15) is 34.1 Å². The molecule has 0 saturated carbocycles. The molecule has 0 aromatic carbocycles. The van der Waals surface area contributed by atoms with Gasteiger partial charge in [-0.05, 0) is 5.92 Å². The van der Waals surface area contributed by atoms with Crippen molar-refractivity contribution in [2.45, 2.75) is 34.1 Å². The molecule has 50 valence electrons. The van der Waals surface area contributed by atoms with E-state index in [0.717, 1.165) is 5.92 Å². The Balaban J connectivity index is 0. The van der Waals surface area contributed by atoms with Crippen molar-refractivity contribution in [3.05, 3.63) is 6.92 Å².